The summed E-state index contributed by atoms with van der Waals surface area (Å²) in [5, 5.41) is 39.7. The van der Waals surface area contributed by atoms with E-state index < -0.39 is 24.0 Å². The topological polar surface area (TPSA) is 152 Å². The van der Waals surface area contributed by atoms with Crippen LogP contribution in [0, 0.1) is 0 Å². The van der Waals surface area contributed by atoms with Crippen LogP contribution in [-0.4, -0.2) is 56.2 Å². The smallest absolute Gasteiger partial charge is 0.330 e. The molecule has 5 N–H and O–H groups in total. The standard InChI is InChI=1S/C4H6O4.C4H6O2.C3H8O2/c5-3(6)1-2-4(7)8;1-3(2)4(5)6;1-3(5)2-4/h1-2H2,(H,5,6)(H,7,8);1H2,2H3,(H,5,6);3-5H,2H2,1H3. The summed E-state index contributed by atoms with van der Waals surface area (Å²) in [6.45, 7) is 5.99. The molecule has 0 aromatic heterocycles. The summed E-state index contributed by atoms with van der Waals surface area (Å²) in [7, 11) is 0. The third-order valence-corrected chi connectivity index (χ3v) is 1.18. The molecule has 0 bridgehead atoms. The van der Waals surface area contributed by atoms with E-state index in [2.05, 4.69) is 6.58 Å². The van der Waals surface area contributed by atoms with Gasteiger partial charge >= 0.3 is 17.9 Å². The highest BCUT2D eigenvalue weighted by Gasteiger charge is 2.00. The number of aliphatic hydroxyl groups is 2. The molecule has 1 unspecified atom stereocenters. The van der Waals surface area contributed by atoms with Gasteiger partial charge in [0.25, 0.3) is 0 Å². The van der Waals surface area contributed by atoms with E-state index in [1.807, 2.05) is 0 Å². The van der Waals surface area contributed by atoms with Crippen LogP contribution >= 0.6 is 0 Å². The molecule has 0 saturated carbocycles. The van der Waals surface area contributed by atoms with Gasteiger partial charge in [-0.3, -0.25) is 9.59 Å². The molecule has 112 valence electrons. The Hall–Kier alpha value is -1.93. The molecule has 1 atom stereocenters. The molecule has 0 amide bonds. The molecular weight excluding hydrogens is 260 g/mol. The Morgan fingerprint density at radius 1 is 1.05 bits per heavy atom. The highest BCUT2D eigenvalue weighted by Crippen LogP contribution is 1.86. The van der Waals surface area contributed by atoms with Crippen molar-refractivity contribution >= 4 is 17.9 Å². The van der Waals surface area contributed by atoms with Gasteiger partial charge in [0.1, 0.15) is 0 Å². The number of carbonyl (C=O) groups is 3. The minimum Gasteiger partial charge on any atom is -0.481 e. The zero-order valence-electron chi connectivity index (χ0n) is 10.9. The quantitative estimate of drug-likeness (QED) is 0.439. The summed E-state index contributed by atoms with van der Waals surface area (Å²) in [6, 6.07) is 0. The monoisotopic (exact) mass is 280 g/mol. The van der Waals surface area contributed by atoms with E-state index in [-0.39, 0.29) is 25.0 Å². The summed E-state index contributed by atoms with van der Waals surface area (Å²) >= 11 is 0. The second-order valence-electron chi connectivity index (χ2n) is 3.40. The number of hydrogen-bond acceptors (Lipinski definition) is 5. The molecule has 0 saturated heterocycles. The molecule has 0 aromatic carbocycles. The van der Waals surface area contributed by atoms with Crippen molar-refractivity contribution in [2.24, 2.45) is 0 Å². The highest BCUT2D eigenvalue weighted by atomic mass is 16.4. The van der Waals surface area contributed by atoms with Gasteiger partial charge in [0.15, 0.2) is 0 Å². The largest absolute Gasteiger partial charge is 0.481 e. The molecular formula is C11H20O8. The normalized spacial score (nSPS) is 9.89. The third-order valence-electron chi connectivity index (χ3n) is 1.18. The van der Waals surface area contributed by atoms with E-state index in [0.29, 0.717) is 0 Å². The molecule has 8 heteroatoms. The zero-order chi connectivity index (χ0) is 16.0. The maximum atomic E-state index is 9.64. The van der Waals surface area contributed by atoms with Crippen LogP contribution < -0.4 is 0 Å². The lowest BCUT2D eigenvalue weighted by Crippen LogP contribution is -2.03. The fourth-order valence-electron chi connectivity index (χ4n) is 0.214. The van der Waals surface area contributed by atoms with E-state index in [0.717, 1.165) is 0 Å². The molecule has 0 aliphatic rings. The molecule has 0 rings (SSSR count). The summed E-state index contributed by atoms with van der Waals surface area (Å²) < 4.78 is 0. The van der Waals surface area contributed by atoms with Crippen LogP contribution in [0.5, 0.6) is 0 Å². The average molecular weight is 280 g/mol. The first-order valence-corrected chi connectivity index (χ1v) is 5.15. The lowest BCUT2D eigenvalue weighted by molar-refractivity contribution is -0.143. The average Bonchev–Trinajstić information content (AvgIpc) is 2.27. The first-order valence-electron chi connectivity index (χ1n) is 5.15. The molecule has 0 fully saturated rings. The van der Waals surface area contributed by atoms with Gasteiger partial charge in [0, 0.05) is 5.57 Å². The molecule has 0 heterocycles. The van der Waals surface area contributed by atoms with Gasteiger partial charge in [-0.1, -0.05) is 6.58 Å². The minimum atomic E-state index is -1.08. The van der Waals surface area contributed by atoms with E-state index in [1.54, 1.807) is 0 Å². The van der Waals surface area contributed by atoms with Crippen LogP contribution in [-0.2, 0) is 14.4 Å². The van der Waals surface area contributed by atoms with E-state index >= 15 is 0 Å². The SMILES string of the molecule is C=C(C)C(=O)O.CC(O)CO.O=C(O)CCC(=O)O. The fraction of sp³-hybridized carbons (Fsp3) is 0.545. The maximum absolute atomic E-state index is 9.64. The van der Waals surface area contributed by atoms with Crippen LogP contribution in [0.3, 0.4) is 0 Å². The van der Waals surface area contributed by atoms with Crippen LogP contribution in [0.2, 0.25) is 0 Å². The van der Waals surface area contributed by atoms with Gasteiger partial charge < -0.3 is 25.5 Å². The Bertz CT molecular complexity index is 269. The maximum Gasteiger partial charge on any atom is 0.330 e. The van der Waals surface area contributed by atoms with Gasteiger partial charge in [0.05, 0.1) is 25.6 Å². The summed E-state index contributed by atoms with van der Waals surface area (Å²) in [6.07, 6.45) is -1.15. The van der Waals surface area contributed by atoms with Crippen molar-refractivity contribution < 1.29 is 39.9 Å². The molecule has 0 aliphatic heterocycles. The highest BCUT2D eigenvalue weighted by molar-refractivity contribution is 5.84. The van der Waals surface area contributed by atoms with Crippen molar-refractivity contribution in [3.05, 3.63) is 12.2 Å². The number of aliphatic hydroxyl groups excluding tert-OH is 2. The van der Waals surface area contributed by atoms with E-state index in [4.69, 9.17) is 25.5 Å². The van der Waals surface area contributed by atoms with E-state index in [1.165, 1.54) is 13.8 Å². The van der Waals surface area contributed by atoms with Gasteiger partial charge in [-0.2, -0.15) is 0 Å². The molecule has 0 spiro atoms. The van der Waals surface area contributed by atoms with Crippen LogP contribution in [0.15, 0.2) is 12.2 Å². The van der Waals surface area contributed by atoms with Crippen molar-refractivity contribution in [1.82, 2.24) is 0 Å². The summed E-state index contributed by atoms with van der Waals surface area (Å²) in [5.41, 5.74) is 0.176. The number of rotatable bonds is 5. The van der Waals surface area contributed by atoms with Crippen molar-refractivity contribution in [2.75, 3.05) is 6.61 Å². The van der Waals surface area contributed by atoms with Crippen molar-refractivity contribution in [3.63, 3.8) is 0 Å². The van der Waals surface area contributed by atoms with Crippen LogP contribution in [0.1, 0.15) is 26.7 Å². The third kappa shape index (κ3) is 38.7. The van der Waals surface area contributed by atoms with E-state index in [9.17, 15) is 14.4 Å². The zero-order valence-corrected chi connectivity index (χ0v) is 10.9. The Balaban J connectivity index is -0.000000209. The van der Waals surface area contributed by atoms with Crippen molar-refractivity contribution in [2.45, 2.75) is 32.8 Å². The fourth-order valence-corrected chi connectivity index (χ4v) is 0.214. The lowest BCUT2D eigenvalue weighted by Gasteiger charge is -1.90. The Morgan fingerprint density at radius 2 is 1.26 bits per heavy atom. The summed E-state index contributed by atoms with van der Waals surface area (Å²) in [5.74, 6) is -3.09. The van der Waals surface area contributed by atoms with Crippen LogP contribution in [0.25, 0.3) is 0 Å². The number of carboxylic acid groups (broad SMARTS) is 3. The molecule has 0 aromatic rings. The predicted octanol–water partition coefficient (Wildman–Crippen LogP) is -0.0576. The van der Waals surface area contributed by atoms with Crippen LogP contribution in [0.4, 0.5) is 0 Å². The van der Waals surface area contributed by atoms with Crippen molar-refractivity contribution in [1.29, 1.82) is 0 Å². The first-order chi connectivity index (χ1) is 8.54. The van der Waals surface area contributed by atoms with Gasteiger partial charge in [-0.05, 0) is 13.8 Å². The molecule has 0 radical (unpaired) electrons. The van der Waals surface area contributed by atoms with Gasteiger partial charge in [-0.25, -0.2) is 4.79 Å². The molecule has 0 aliphatic carbocycles. The number of aliphatic carboxylic acids is 3. The predicted molar refractivity (Wildman–Crippen MR) is 65.7 cm³/mol. The van der Waals surface area contributed by atoms with Crippen molar-refractivity contribution in [3.8, 4) is 0 Å². The Kier molecular flexibility index (Phi) is 16.6. The number of carboxylic acids is 3. The first kappa shape index (κ1) is 22.3. The summed E-state index contributed by atoms with van der Waals surface area (Å²) in [4.78, 5) is 28.9. The Morgan fingerprint density at radius 3 is 1.32 bits per heavy atom. The minimum absolute atomic E-state index is 0.139. The lowest BCUT2D eigenvalue weighted by atomic mass is 10.3. The molecule has 19 heavy (non-hydrogen) atoms. The van der Waals surface area contributed by atoms with Gasteiger partial charge in [0.2, 0.25) is 0 Å². The Labute approximate surface area is 110 Å². The van der Waals surface area contributed by atoms with Gasteiger partial charge in [-0.15, -0.1) is 0 Å². The molecule has 8 nitrogen and oxygen atoms in total. The second-order valence-corrected chi connectivity index (χ2v) is 3.40. The second kappa shape index (κ2) is 14.1. The number of hydrogen-bond donors (Lipinski definition) is 5.